The number of H-pyrrole nitrogens is 1. The fourth-order valence-electron chi connectivity index (χ4n) is 1.16. The summed E-state index contributed by atoms with van der Waals surface area (Å²) in [5, 5.41) is 0.322. The third-order valence-electron chi connectivity index (χ3n) is 1.85. The van der Waals surface area contributed by atoms with Crippen LogP contribution in [0.3, 0.4) is 0 Å². The molecule has 0 atom stereocenters. The Kier molecular flexibility index (Phi) is 1.92. The van der Waals surface area contributed by atoms with Crippen molar-refractivity contribution < 1.29 is 4.39 Å². The summed E-state index contributed by atoms with van der Waals surface area (Å²) in [5.41, 5.74) is -0.229. The molecule has 72 valence electrons. The molecule has 0 amide bonds. The number of aromatic nitrogens is 3. The Morgan fingerprint density at radius 3 is 3.07 bits per heavy atom. The second-order valence-corrected chi connectivity index (χ2v) is 3.24. The van der Waals surface area contributed by atoms with E-state index in [2.05, 4.69) is 9.97 Å². The summed E-state index contributed by atoms with van der Waals surface area (Å²) < 4.78 is 14.6. The highest BCUT2D eigenvalue weighted by molar-refractivity contribution is 7.71. The summed E-state index contributed by atoms with van der Waals surface area (Å²) in [6, 6.07) is 0.882. The van der Waals surface area contributed by atoms with Crippen LogP contribution in [-0.2, 0) is 7.05 Å². The minimum atomic E-state index is -0.710. The number of nitrogens with one attached hydrogen (secondary N) is 1. The van der Waals surface area contributed by atoms with Gasteiger partial charge in [0.15, 0.2) is 11.4 Å². The van der Waals surface area contributed by atoms with Gasteiger partial charge in [-0.15, -0.1) is 0 Å². The van der Waals surface area contributed by atoms with Crippen molar-refractivity contribution >= 4 is 23.3 Å². The largest absolute Gasteiger partial charge is 0.326 e. The Morgan fingerprint density at radius 1 is 1.64 bits per heavy atom. The van der Waals surface area contributed by atoms with Crippen molar-refractivity contribution in [2.24, 2.45) is 7.05 Å². The zero-order chi connectivity index (χ0) is 10.3. The molecular weight excluding hydrogens is 205 g/mol. The smallest absolute Gasteiger partial charge is 0.201 e. The quantitative estimate of drug-likeness (QED) is 0.525. The van der Waals surface area contributed by atoms with E-state index in [0.29, 0.717) is 10.2 Å². The van der Waals surface area contributed by atoms with E-state index in [4.69, 9.17) is 12.2 Å². The number of hydrogen-bond acceptors (Lipinski definition) is 3. The van der Waals surface area contributed by atoms with Gasteiger partial charge >= 0.3 is 0 Å². The molecule has 4 nitrogen and oxygen atoms in total. The average molecular weight is 211 g/mol. The van der Waals surface area contributed by atoms with E-state index in [1.165, 1.54) is 10.8 Å². The molecule has 0 spiro atoms. The Bertz CT molecular complexity index is 616. The van der Waals surface area contributed by atoms with Gasteiger partial charge in [-0.05, 0) is 12.2 Å². The maximum absolute atomic E-state index is 12.8. The molecule has 0 aliphatic heterocycles. The number of aromatic amines is 1. The molecule has 0 radical (unpaired) electrons. The average Bonchev–Trinajstić information content (AvgIpc) is 2.08. The molecule has 0 unspecified atom stereocenters. The van der Waals surface area contributed by atoms with E-state index in [1.54, 1.807) is 7.05 Å². The molecule has 14 heavy (non-hydrogen) atoms. The van der Waals surface area contributed by atoms with Crippen LogP contribution >= 0.6 is 12.2 Å². The monoisotopic (exact) mass is 211 g/mol. The van der Waals surface area contributed by atoms with Crippen molar-refractivity contribution in [2.45, 2.75) is 0 Å². The van der Waals surface area contributed by atoms with Gasteiger partial charge < -0.3 is 9.55 Å². The first kappa shape index (κ1) is 9.01. The lowest BCUT2D eigenvalue weighted by Gasteiger charge is -2.00. The van der Waals surface area contributed by atoms with Crippen LogP contribution in [0, 0.1) is 10.7 Å². The number of rotatable bonds is 0. The minimum Gasteiger partial charge on any atom is -0.326 e. The number of aryl methyl sites for hydroxylation is 1. The molecule has 0 bridgehead atoms. The first-order chi connectivity index (χ1) is 6.58. The van der Waals surface area contributed by atoms with Crippen molar-refractivity contribution in [1.29, 1.82) is 0 Å². The van der Waals surface area contributed by atoms with Crippen molar-refractivity contribution in [3.05, 3.63) is 33.2 Å². The molecule has 0 saturated carbocycles. The predicted octanol–water partition coefficient (Wildman–Crippen LogP) is 1.13. The van der Waals surface area contributed by atoms with Gasteiger partial charge in [-0.2, -0.15) is 4.39 Å². The fraction of sp³-hybridized carbons (Fsp3) is 0.125. The van der Waals surface area contributed by atoms with Gasteiger partial charge in [0, 0.05) is 19.3 Å². The van der Waals surface area contributed by atoms with Crippen LogP contribution in [0.4, 0.5) is 4.39 Å². The first-order valence-electron chi connectivity index (χ1n) is 3.84. The van der Waals surface area contributed by atoms with Gasteiger partial charge in [-0.25, -0.2) is 4.98 Å². The molecule has 2 aromatic rings. The SMILES string of the molecule is Cn1cc2c(=O)cc(F)[nH]c2nc1=S. The van der Waals surface area contributed by atoms with Crippen LogP contribution in [0.5, 0.6) is 0 Å². The van der Waals surface area contributed by atoms with E-state index in [-0.39, 0.29) is 5.65 Å². The van der Waals surface area contributed by atoms with Crippen LogP contribution in [-0.4, -0.2) is 14.5 Å². The third kappa shape index (κ3) is 1.33. The molecule has 0 aliphatic rings. The van der Waals surface area contributed by atoms with Gasteiger partial charge in [-0.3, -0.25) is 4.79 Å². The normalized spacial score (nSPS) is 10.7. The van der Waals surface area contributed by atoms with Gasteiger partial charge in [0.1, 0.15) is 5.65 Å². The highest BCUT2D eigenvalue weighted by Crippen LogP contribution is 2.03. The summed E-state index contributed by atoms with van der Waals surface area (Å²) in [5.74, 6) is -0.710. The first-order valence-corrected chi connectivity index (χ1v) is 4.25. The molecule has 2 aromatic heterocycles. The molecule has 1 N–H and O–H groups in total. The summed E-state index contributed by atoms with van der Waals surface area (Å²) in [6.45, 7) is 0. The summed E-state index contributed by atoms with van der Waals surface area (Å²) >= 11 is 4.87. The highest BCUT2D eigenvalue weighted by Gasteiger charge is 2.03. The highest BCUT2D eigenvalue weighted by atomic mass is 32.1. The number of pyridine rings is 1. The van der Waals surface area contributed by atoms with Crippen LogP contribution in [0.1, 0.15) is 0 Å². The number of halogens is 1. The van der Waals surface area contributed by atoms with E-state index in [1.807, 2.05) is 0 Å². The molecule has 0 aliphatic carbocycles. The van der Waals surface area contributed by atoms with Gasteiger partial charge in [0.2, 0.25) is 4.77 Å². The lowest BCUT2D eigenvalue weighted by Crippen LogP contribution is -2.08. The Balaban J connectivity index is 3.04. The zero-order valence-corrected chi connectivity index (χ0v) is 8.06. The summed E-state index contributed by atoms with van der Waals surface area (Å²) in [7, 11) is 1.68. The second kappa shape index (κ2) is 2.98. The topological polar surface area (TPSA) is 50.7 Å². The van der Waals surface area contributed by atoms with Gasteiger partial charge in [-0.1, -0.05) is 0 Å². The zero-order valence-electron chi connectivity index (χ0n) is 7.24. The molecule has 6 heteroatoms. The molecule has 0 saturated heterocycles. The van der Waals surface area contributed by atoms with E-state index in [9.17, 15) is 9.18 Å². The second-order valence-electron chi connectivity index (χ2n) is 2.88. The van der Waals surface area contributed by atoms with E-state index < -0.39 is 11.4 Å². The minimum absolute atomic E-state index is 0.179. The predicted molar refractivity (Wildman–Crippen MR) is 52.1 cm³/mol. The number of hydrogen-bond donors (Lipinski definition) is 1. The van der Waals surface area contributed by atoms with Gasteiger partial charge in [0.25, 0.3) is 0 Å². The molecule has 2 rings (SSSR count). The van der Waals surface area contributed by atoms with Gasteiger partial charge in [0.05, 0.1) is 5.39 Å². The van der Waals surface area contributed by atoms with Crippen LogP contribution < -0.4 is 5.43 Å². The van der Waals surface area contributed by atoms with Crippen molar-refractivity contribution in [3.63, 3.8) is 0 Å². The van der Waals surface area contributed by atoms with E-state index >= 15 is 0 Å². The number of nitrogens with zero attached hydrogens (tertiary/aromatic N) is 2. The Labute approximate surface area is 83.0 Å². The lowest BCUT2D eigenvalue weighted by atomic mass is 10.3. The molecular formula is C8H6FN3OS. The fourth-order valence-corrected chi connectivity index (χ4v) is 1.31. The van der Waals surface area contributed by atoms with Crippen molar-refractivity contribution in [2.75, 3.05) is 0 Å². The Morgan fingerprint density at radius 2 is 2.36 bits per heavy atom. The third-order valence-corrected chi connectivity index (χ3v) is 2.23. The van der Waals surface area contributed by atoms with Crippen molar-refractivity contribution in [1.82, 2.24) is 14.5 Å². The van der Waals surface area contributed by atoms with Crippen molar-refractivity contribution in [3.8, 4) is 0 Å². The standard InChI is InChI=1S/C8H6FN3OS/c1-12-3-4-5(13)2-6(9)10-7(4)11-8(12)14/h2-3H,1H3,(H,10,11,14). The van der Waals surface area contributed by atoms with Crippen LogP contribution in [0.25, 0.3) is 11.0 Å². The summed E-state index contributed by atoms with van der Waals surface area (Å²) in [6.07, 6.45) is 1.53. The molecule has 0 aromatic carbocycles. The van der Waals surface area contributed by atoms with Crippen LogP contribution in [0.15, 0.2) is 17.1 Å². The number of fused-ring (bicyclic) bond motifs is 1. The maximum atomic E-state index is 12.8. The lowest BCUT2D eigenvalue weighted by molar-refractivity contribution is 0.586. The molecule has 2 heterocycles. The molecule has 0 fully saturated rings. The van der Waals surface area contributed by atoms with Crippen LogP contribution in [0.2, 0.25) is 0 Å². The Hall–Kier alpha value is -1.56. The summed E-state index contributed by atoms with van der Waals surface area (Å²) in [4.78, 5) is 17.5. The maximum Gasteiger partial charge on any atom is 0.201 e. The van der Waals surface area contributed by atoms with E-state index in [0.717, 1.165) is 6.07 Å².